The van der Waals surface area contributed by atoms with Gasteiger partial charge in [0.05, 0.1) is 11.8 Å². The van der Waals surface area contributed by atoms with Crippen LogP contribution in [0.15, 0.2) is 12.3 Å². The van der Waals surface area contributed by atoms with Crippen LogP contribution in [0, 0.1) is 5.82 Å². The van der Waals surface area contributed by atoms with E-state index in [9.17, 15) is 9.18 Å². The van der Waals surface area contributed by atoms with E-state index in [0.717, 1.165) is 12.3 Å². The minimum atomic E-state index is -0.565. The van der Waals surface area contributed by atoms with Gasteiger partial charge in [0.15, 0.2) is 0 Å². The summed E-state index contributed by atoms with van der Waals surface area (Å²) >= 11 is 0. The number of carbonyl (C=O) groups excluding carboxylic acids is 1. The van der Waals surface area contributed by atoms with Crippen molar-refractivity contribution < 1.29 is 9.18 Å². The summed E-state index contributed by atoms with van der Waals surface area (Å²) in [6.07, 6.45) is 0.988. The van der Waals surface area contributed by atoms with E-state index in [4.69, 9.17) is 5.73 Å². The second-order valence-electron chi connectivity index (χ2n) is 3.60. The molecule has 1 heterocycles. The first-order valence-corrected chi connectivity index (χ1v) is 4.61. The Balaban J connectivity index is 3.05. The van der Waals surface area contributed by atoms with E-state index in [1.807, 2.05) is 13.8 Å². The summed E-state index contributed by atoms with van der Waals surface area (Å²) in [5.74, 6) is -0.840. The lowest BCUT2D eigenvalue weighted by atomic mass is 10.2. The highest BCUT2D eigenvalue weighted by Gasteiger charge is 2.18. The van der Waals surface area contributed by atoms with Crippen molar-refractivity contribution in [3.05, 3.63) is 23.6 Å². The molecule has 15 heavy (non-hydrogen) atoms. The van der Waals surface area contributed by atoms with Crippen LogP contribution in [-0.4, -0.2) is 28.9 Å². The molecular formula is C10H14FN3O. The maximum atomic E-state index is 12.9. The van der Waals surface area contributed by atoms with E-state index in [0.29, 0.717) is 0 Å². The van der Waals surface area contributed by atoms with Gasteiger partial charge in [-0.1, -0.05) is 0 Å². The number of halogens is 1. The summed E-state index contributed by atoms with van der Waals surface area (Å²) in [6, 6.07) is 1.13. The van der Waals surface area contributed by atoms with Gasteiger partial charge in [-0.3, -0.25) is 4.79 Å². The third kappa shape index (κ3) is 2.43. The normalized spacial score (nSPS) is 10.5. The first-order valence-electron chi connectivity index (χ1n) is 4.61. The molecule has 0 unspecified atom stereocenters. The SMILES string of the molecule is CC(C)N(C)C(=O)c1cc(F)cnc1N. The predicted octanol–water partition coefficient (Wildman–Crippen LogP) is 1.28. The van der Waals surface area contributed by atoms with Gasteiger partial charge in [-0.05, 0) is 19.9 Å². The highest BCUT2D eigenvalue weighted by molar-refractivity contribution is 5.98. The number of anilines is 1. The number of pyridine rings is 1. The molecule has 0 saturated carbocycles. The van der Waals surface area contributed by atoms with E-state index < -0.39 is 5.82 Å². The van der Waals surface area contributed by atoms with Crippen molar-refractivity contribution in [1.82, 2.24) is 9.88 Å². The van der Waals surface area contributed by atoms with Crippen molar-refractivity contribution in [2.24, 2.45) is 0 Å². The molecule has 5 heteroatoms. The zero-order valence-electron chi connectivity index (χ0n) is 8.99. The van der Waals surface area contributed by atoms with Crippen molar-refractivity contribution in [2.45, 2.75) is 19.9 Å². The van der Waals surface area contributed by atoms with Gasteiger partial charge in [0.2, 0.25) is 0 Å². The number of carbonyl (C=O) groups is 1. The minimum Gasteiger partial charge on any atom is -0.383 e. The molecule has 0 radical (unpaired) electrons. The second kappa shape index (κ2) is 4.25. The number of amides is 1. The number of aromatic nitrogens is 1. The summed E-state index contributed by atoms with van der Waals surface area (Å²) in [5, 5.41) is 0. The molecule has 4 nitrogen and oxygen atoms in total. The molecule has 1 aromatic rings. The second-order valence-corrected chi connectivity index (χ2v) is 3.60. The van der Waals surface area contributed by atoms with E-state index in [-0.39, 0.29) is 23.3 Å². The molecule has 0 aromatic carbocycles. The predicted molar refractivity (Wildman–Crippen MR) is 55.8 cm³/mol. The number of nitrogens with zero attached hydrogens (tertiary/aromatic N) is 2. The Morgan fingerprint density at radius 1 is 1.60 bits per heavy atom. The van der Waals surface area contributed by atoms with Crippen molar-refractivity contribution in [3.8, 4) is 0 Å². The minimum absolute atomic E-state index is 0.0279. The Hall–Kier alpha value is -1.65. The van der Waals surface area contributed by atoms with E-state index in [1.54, 1.807) is 7.05 Å². The van der Waals surface area contributed by atoms with Crippen molar-refractivity contribution in [2.75, 3.05) is 12.8 Å². The van der Waals surface area contributed by atoms with Crippen molar-refractivity contribution >= 4 is 11.7 Å². The van der Waals surface area contributed by atoms with Gasteiger partial charge in [0.25, 0.3) is 5.91 Å². The van der Waals surface area contributed by atoms with Crippen LogP contribution in [0.1, 0.15) is 24.2 Å². The van der Waals surface area contributed by atoms with E-state index >= 15 is 0 Å². The number of nitrogen functional groups attached to an aromatic ring is 1. The fraction of sp³-hybridized carbons (Fsp3) is 0.400. The Bertz CT molecular complexity index is 379. The number of hydrogen-bond donors (Lipinski definition) is 1. The van der Waals surface area contributed by atoms with Crippen LogP contribution in [0.5, 0.6) is 0 Å². The van der Waals surface area contributed by atoms with Crippen molar-refractivity contribution in [1.29, 1.82) is 0 Å². The van der Waals surface area contributed by atoms with E-state index in [2.05, 4.69) is 4.98 Å². The van der Waals surface area contributed by atoms with Gasteiger partial charge in [-0.2, -0.15) is 0 Å². The maximum Gasteiger partial charge on any atom is 0.257 e. The first kappa shape index (κ1) is 11.4. The van der Waals surface area contributed by atoms with Crippen LogP contribution in [0.4, 0.5) is 10.2 Å². The summed E-state index contributed by atoms with van der Waals surface area (Å²) in [4.78, 5) is 16.9. The van der Waals surface area contributed by atoms with Gasteiger partial charge in [0, 0.05) is 13.1 Å². The van der Waals surface area contributed by atoms with Gasteiger partial charge in [0.1, 0.15) is 11.6 Å². The Kier molecular flexibility index (Phi) is 3.24. The molecule has 0 aliphatic heterocycles. The molecule has 0 atom stereocenters. The van der Waals surface area contributed by atoms with Gasteiger partial charge < -0.3 is 10.6 Å². The molecule has 0 saturated heterocycles. The van der Waals surface area contributed by atoms with Crippen LogP contribution < -0.4 is 5.73 Å². The molecule has 1 rings (SSSR count). The lowest BCUT2D eigenvalue weighted by Crippen LogP contribution is -2.33. The molecule has 82 valence electrons. The topological polar surface area (TPSA) is 59.2 Å². The standard InChI is InChI=1S/C10H14FN3O/c1-6(2)14(3)10(15)8-4-7(11)5-13-9(8)12/h4-6H,1-3H3,(H2,12,13). The Labute approximate surface area is 87.9 Å². The van der Waals surface area contributed by atoms with Crippen LogP contribution in [0.2, 0.25) is 0 Å². The van der Waals surface area contributed by atoms with Gasteiger partial charge in [-0.25, -0.2) is 9.37 Å². The smallest absolute Gasteiger partial charge is 0.257 e. The van der Waals surface area contributed by atoms with E-state index in [1.165, 1.54) is 4.90 Å². The molecule has 1 amide bonds. The monoisotopic (exact) mass is 211 g/mol. The van der Waals surface area contributed by atoms with Crippen LogP contribution in [-0.2, 0) is 0 Å². The molecule has 0 fully saturated rings. The molecule has 0 bridgehead atoms. The molecule has 0 aliphatic rings. The highest BCUT2D eigenvalue weighted by atomic mass is 19.1. The van der Waals surface area contributed by atoms with Crippen LogP contribution in [0.3, 0.4) is 0 Å². The first-order chi connectivity index (χ1) is 6.93. The summed E-state index contributed by atoms with van der Waals surface area (Å²) < 4.78 is 12.9. The quantitative estimate of drug-likeness (QED) is 0.801. The lowest BCUT2D eigenvalue weighted by Gasteiger charge is -2.21. The maximum absolute atomic E-state index is 12.9. The lowest BCUT2D eigenvalue weighted by molar-refractivity contribution is 0.0755. The summed E-state index contributed by atoms with van der Waals surface area (Å²) in [7, 11) is 1.64. The largest absolute Gasteiger partial charge is 0.383 e. The molecule has 0 aliphatic carbocycles. The molecule has 0 spiro atoms. The average Bonchev–Trinajstić information content (AvgIpc) is 2.19. The molecule has 1 aromatic heterocycles. The van der Waals surface area contributed by atoms with Gasteiger partial charge in [-0.15, -0.1) is 0 Å². The highest BCUT2D eigenvalue weighted by Crippen LogP contribution is 2.13. The summed E-state index contributed by atoms with van der Waals surface area (Å²) in [6.45, 7) is 3.72. The van der Waals surface area contributed by atoms with Crippen LogP contribution >= 0.6 is 0 Å². The zero-order valence-corrected chi connectivity index (χ0v) is 8.99. The Morgan fingerprint density at radius 2 is 2.20 bits per heavy atom. The number of rotatable bonds is 2. The van der Waals surface area contributed by atoms with Crippen molar-refractivity contribution in [3.63, 3.8) is 0 Å². The third-order valence-corrected chi connectivity index (χ3v) is 2.21. The number of nitrogens with two attached hydrogens (primary N) is 1. The fourth-order valence-electron chi connectivity index (χ4n) is 1.05. The van der Waals surface area contributed by atoms with Crippen LogP contribution in [0.25, 0.3) is 0 Å². The third-order valence-electron chi connectivity index (χ3n) is 2.21. The summed E-state index contributed by atoms with van der Waals surface area (Å²) in [5.41, 5.74) is 5.61. The fourth-order valence-corrected chi connectivity index (χ4v) is 1.05. The van der Waals surface area contributed by atoms with Gasteiger partial charge >= 0.3 is 0 Å². The average molecular weight is 211 g/mol. The molecule has 2 N–H and O–H groups in total. The zero-order chi connectivity index (χ0) is 11.6. The number of hydrogen-bond acceptors (Lipinski definition) is 3. The Morgan fingerprint density at radius 3 is 2.73 bits per heavy atom. The molecular weight excluding hydrogens is 197 g/mol.